The van der Waals surface area contributed by atoms with Gasteiger partial charge in [-0.05, 0) is 12.1 Å². The number of non-ortho nitro benzene ring substituents is 1. The fraction of sp³-hybridized carbons (Fsp3) is 0.353. The van der Waals surface area contributed by atoms with Crippen molar-refractivity contribution in [2.75, 3.05) is 49.6 Å². The molecule has 0 atom stereocenters. The van der Waals surface area contributed by atoms with Crippen LogP contribution < -0.4 is 15.5 Å². The zero-order valence-electron chi connectivity index (χ0n) is 14.6. The van der Waals surface area contributed by atoms with Crippen molar-refractivity contribution < 1.29 is 14.5 Å². The Hall–Kier alpha value is -3.27. The molecule has 1 saturated heterocycles. The Morgan fingerprint density at radius 2 is 1.96 bits per heavy atom. The fourth-order valence-electron chi connectivity index (χ4n) is 2.64. The molecule has 2 N–H and O–H groups in total. The number of carbonyl (C=O) groups is 1. The van der Waals surface area contributed by atoms with Crippen molar-refractivity contribution in [2.45, 2.75) is 0 Å². The second-order valence-corrected chi connectivity index (χ2v) is 5.89. The van der Waals surface area contributed by atoms with Crippen LogP contribution in [0.5, 0.6) is 0 Å². The highest BCUT2D eigenvalue weighted by Gasteiger charge is 2.12. The number of hydrogen-bond acceptors (Lipinski definition) is 8. The number of anilines is 2. The van der Waals surface area contributed by atoms with E-state index >= 15 is 0 Å². The van der Waals surface area contributed by atoms with Gasteiger partial charge in [0.1, 0.15) is 0 Å². The minimum absolute atomic E-state index is 0.0491. The Labute approximate surface area is 155 Å². The number of rotatable bonds is 7. The number of nitro benzene ring substituents is 1. The lowest BCUT2D eigenvalue weighted by atomic mass is 10.2. The largest absolute Gasteiger partial charge is 0.378 e. The van der Waals surface area contributed by atoms with Gasteiger partial charge in [0.25, 0.3) is 11.6 Å². The molecule has 0 radical (unpaired) electrons. The van der Waals surface area contributed by atoms with Gasteiger partial charge in [-0.1, -0.05) is 0 Å². The fourth-order valence-corrected chi connectivity index (χ4v) is 2.64. The van der Waals surface area contributed by atoms with Crippen LogP contribution in [0.15, 0.2) is 36.5 Å². The first kappa shape index (κ1) is 18.5. The molecule has 0 spiro atoms. The Balaban J connectivity index is 1.45. The maximum Gasteiger partial charge on any atom is 0.269 e. The summed E-state index contributed by atoms with van der Waals surface area (Å²) in [7, 11) is 0. The molecule has 1 amide bonds. The monoisotopic (exact) mass is 372 g/mol. The predicted molar refractivity (Wildman–Crippen MR) is 99.0 cm³/mol. The van der Waals surface area contributed by atoms with E-state index in [2.05, 4.69) is 25.7 Å². The van der Waals surface area contributed by atoms with Crippen LogP contribution in [0.4, 0.5) is 17.2 Å². The standard InChI is InChI=1S/C17H20N6O4/c24-17(13-1-3-14(4-2-13)23(25)26)19-6-5-18-16-11-15(12-20-21-16)22-7-9-27-10-8-22/h1-4,11-12H,5-10H2,(H,18,21)(H,19,24). The van der Waals surface area contributed by atoms with E-state index < -0.39 is 4.92 Å². The van der Waals surface area contributed by atoms with E-state index in [9.17, 15) is 14.9 Å². The first-order valence-corrected chi connectivity index (χ1v) is 8.55. The molecule has 1 aliphatic heterocycles. The Morgan fingerprint density at radius 3 is 2.67 bits per heavy atom. The number of amides is 1. The molecule has 2 aromatic rings. The van der Waals surface area contributed by atoms with E-state index in [4.69, 9.17) is 4.74 Å². The molecule has 0 bridgehead atoms. The lowest BCUT2D eigenvalue weighted by Crippen LogP contribution is -2.36. The van der Waals surface area contributed by atoms with Crippen LogP contribution in [0.3, 0.4) is 0 Å². The first-order chi connectivity index (χ1) is 13.1. The molecular weight excluding hydrogens is 352 g/mol. The summed E-state index contributed by atoms with van der Waals surface area (Å²) in [6, 6.07) is 7.38. The smallest absolute Gasteiger partial charge is 0.269 e. The maximum atomic E-state index is 12.0. The summed E-state index contributed by atoms with van der Waals surface area (Å²) in [6.45, 7) is 3.87. The van der Waals surface area contributed by atoms with E-state index in [1.54, 1.807) is 6.20 Å². The van der Waals surface area contributed by atoms with E-state index in [0.29, 0.717) is 37.7 Å². The van der Waals surface area contributed by atoms with Crippen LogP contribution >= 0.6 is 0 Å². The van der Waals surface area contributed by atoms with Crippen molar-refractivity contribution in [2.24, 2.45) is 0 Å². The van der Waals surface area contributed by atoms with Gasteiger partial charge in [-0.2, -0.15) is 5.10 Å². The summed E-state index contributed by atoms with van der Waals surface area (Å²) in [6.07, 6.45) is 1.72. The molecule has 10 heteroatoms. The average molecular weight is 372 g/mol. The Kier molecular flexibility index (Phi) is 6.10. The molecule has 0 unspecified atom stereocenters. The molecule has 10 nitrogen and oxygen atoms in total. The number of aromatic nitrogens is 2. The molecular formula is C17H20N6O4. The minimum Gasteiger partial charge on any atom is -0.378 e. The Bertz CT molecular complexity index is 792. The normalized spacial score (nSPS) is 13.9. The van der Waals surface area contributed by atoms with Crippen molar-refractivity contribution in [3.8, 4) is 0 Å². The molecule has 27 heavy (non-hydrogen) atoms. The van der Waals surface area contributed by atoms with Crippen molar-refractivity contribution in [1.29, 1.82) is 0 Å². The van der Waals surface area contributed by atoms with E-state index in [-0.39, 0.29) is 11.6 Å². The second-order valence-electron chi connectivity index (χ2n) is 5.89. The Morgan fingerprint density at radius 1 is 1.22 bits per heavy atom. The van der Waals surface area contributed by atoms with Gasteiger partial charge in [0.05, 0.1) is 30.0 Å². The summed E-state index contributed by atoms with van der Waals surface area (Å²) in [4.78, 5) is 24.3. The van der Waals surface area contributed by atoms with Crippen LogP contribution in [0.1, 0.15) is 10.4 Å². The molecule has 1 fully saturated rings. The number of benzene rings is 1. The molecule has 3 rings (SSSR count). The number of hydrogen-bond donors (Lipinski definition) is 2. The van der Waals surface area contributed by atoms with Gasteiger partial charge in [0.2, 0.25) is 0 Å². The third kappa shape index (κ3) is 5.11. The van der Waals surface area contributed by atoms with Gasteiger partial charge in [0, 0.05) is 49.9 Å². The van der Waals surface area contributed by atoms with Gasteiger partial charge < -0.3 is 20.3 Å². The third-order valence-electron chi connectivity index (χ3n) is 4.07. The minimum atomic E-state index is -0.502. The number of nitrogens with one attached hydrogen (secondary N) is 2. The zero-order valence-corrected chi connectivity index (χ0v) is 14.6. The van der Waals surface area contributed by atoms with Crippen LogP contribution in [-0.4, -0.2) is 60.4 Å². The van der Waals surface area contributed by atoms with E-state index in [1.165, 1.54) is 24.3 Å². The van der Waals surface area contributed by atoms with Crippen molar-refractivity contribution in [3.05, 3.63) is 52.2 Å². The summed E-state index contributed by atoms with van der Waals surface area (Å²) in [5.74, 6) is 0.337. The summed E-state index contributed by atoms with van der Waals surface area (Å²) in [5.41, 5.74) is 1.30. The summed E-state index contributed by atoms with van der Waals surface area (Å²) < 4.78 is 5.34. The van der Waals surface area contributed by atoms with Crippen LogP contribution in [0.25, 0.3) is 0 Å². The topological polar surface area (TPSA) is 123 Å². The van der Waals surface area contributed by atoms with Gasteiger partial charge in [-0.25, -0.2) is 0 Å². The summed E-state index contributed by atoms with van der Waals surface area (Å²) >= 11 is 0. The van der Waals surface area contributed by atoms with Crippen LogP contribution in [0.2, 0.25) is 0 Å². The molecule has 142 valence electrons. The van der Waals surface area contributed by atoms with Gasteiger partial charge in [-0.3, -0.25) is 14.9 Å². The number of nitrogens with zero attached hydrogens (tertiary/aromatic N) is 4. The van der Waals surface area contributed by atoms with Crippen molar-refractivity contribution >= 4 is 23.1 Å². The number of ether oxygens (including phenoxy) is 1. The predicted octanol–water partition coefficient (Wildman–Crippen LogP) is 1.06. The molecule has 0 aliphatic carbocycles. The molecule has 1 aromatic heterocycles. The number of carbonyl (C=O) groups excluding carboxylic acids is 1. The highest BCUT2D eigenvalue weighted by Crippen LogP contribution is 2.17. The van der Waals surface area contributed by atoms with Crippen molar-refractivity contribution in [3.63, 3.8) is 0 Å². The molecule has 1 aromatic carbocycles. The molecule has 2 heterocycles. The van der Waals surface area contributed by atoms with E-state index in [1.807, 2.05) is 6.07 Å². The third-order valence-corrected chi connectivity index (χ3v) is 4.07. The molecule has 1 aliphatic rings. The lowest BCUT2D eigenvalue weighted by Gasteiger charge is -2.28. The highest BCUT2D eigenvalue weighted by atomic mass is 16.6. The van der Waals surface area contributed by atoms with Crippen molar-refractivity contribution in [1.82, 2.24) is 15.5 Å². The SMILES string of the molecule is O=C(NCCNc1cc(N2CCOCC2)cnn1)c1ccc([N+](=O)[O-])cc1. The number of nitro groups is 1. The number of morpholine rings is 1. The van der Waals surface area contributed by atoms with Gasteiger partial charge >= 0.3 is 0 Å². The van der Waals surface area contributed by atoms with Crippen LogP contribution in [0, 0.1) is 10.1 Å². The lowest BCUT2D eigenvalue weighted by molar-refractivity contribution is -0.384. The summed E-state index contributed by atoms with van der Waals surface area (Å²) in [5, 5.41) is 24.5. The maximum absolute atomic E-state index is 12.0. The zero-order chi connectivity index (χ0) is 19.1. The second kappa shape index (κ2) is 8.90. The van der Waals surface area contributed by atoms with E-state index in [0.717, 1.165) is 18.8 Å². The van der Waals surface area contributed by atoms with Gasteiger partial charge in [0.15, 0.2) is 5.82 Å². The van der Waals surface area contributed by atoms with Gasteiger partial charge in [-0.15, -0.1) is 5.10 Å². The first-order valence-electron chi connectivity index (χ1n) is 8.55. The average Bonchev–Trinajstić information content (AvgIpc) is 2.72. The quantitative estimate of drug-likeness (QED) is 0.420. The van der Waals surface area contributed by atoms with Crippen LogP contribution in [-0.2, 0) is 4.74 Å². The highest BCUT2D eigenvalue weighted by molar-refractivity contribution is 5.94. The molecule has 0 saturated carbocycles.